The predicted octanol–water partition coefficient (Wildman–Crippen LogP) is 2.11. The first-order chi connectivity index (χ1) is 9.84. The van der Waals surface area contributed by atoms with E-state index < -0.39 is 10.0 Å². The molecule has 0 saturated heterocycles. The molecule has 1 rings (SSSR count). The number of nitrogens with one attached hydrogen (secondary N) is 2. The summed E-state index contributed by atoms with van der Waals surface area (Å²) in [6, 6.07) is 5.27. The number of rotatable bonds is 8. The zero-order valence-corrected chi connectivity index (χ0v) is 14.0. The second-order valence-electron chi connectivity index (χ2n) is 5.41. The van der Waals surface area contributed by atoms with E-state index in [0.29, 0.717) is 12.1 Å². The first-order valence-corrected chi connectivity index (χ1v) is 8.71. The van der Waals surface area contributed by atoms with Crippen LogP contribution in [0.2, 0.25) is 0 Å². The maximum Gasteiger partial charge on any atom is 0.240 e. The van der Waals surface area contributed by atoms with E-state index in [1.54, 1.807) is 19.1 Å². The predicted molar refractivity (Wildman–Crippen MR) is 86.0 cm³/mol. The van der Waals surface area contributed by atoms with Gasteiger partial charge in [0.05, 0.1) is 11.5 Å². The molecule has 1 aromatic carbocycles. The Hall–Kier alpha value is -1.11. The summed E-state index contributed by atoms with van der Waals surface area (Å²) in [5.41, 5.74) is 1.27. The lowest BCUT2D eigenvalue weighted by Gasteiger charge is -2.30. The third kappa shape index (κ3) is 4.18. The van der Waals surface area contributed by atoms with Crippen molar-refractivity contribution in [2.45, 2.75) is 38.5 Å². The molecule has 0 atom stereocenters. The van der Waals surface area contributed by atoms with E-state index in [1.807, 2.05) is 19.9 Å². The fourth-order valence-electron chi connectivity index (χ4n) is 2.18. The molecule has 0 aromatic heterocycles. The van der Waals surface area contributed by atoms with Gasteiger partial charge in [0.2, 0.25) is 10.0 Å². The van der Waals surface area contributed by atoms with Crippen LogP contribution in [0.4, 0.5) is 5.69 Å². The highest BCUT2D eigenvalue weighted by atomic mass is 32.2. The number of hydrogen-bond donors (Lipinski definition) is 3. The van der Waals surface area contributed by atoms with Gasteiger partial charge < -0.3 is 10.4 Å². The molecule has 0 heterocycles. The smallest absolute Gasteiger partial charge is 0.240 e. The van der Waals surface area contributed by atoms with Crippen LogP contribution in [-0.2, 0) is 10.0 Å². The SMILES string of the molecule is CCC(CC)(CO)CNc1ccc(C)c(S(=O)(=O)NC)c1. The van der Waals surface area contributed by atoms with Crippen molar-refractivity contribution >= 4 is 15.7 Å². The number of hydrogen-bond acceptors (Lipinski definition) is 4. The first kappa shape index (κ1) is 17.9. The van der Waals surface area contributed by atoms with Gasteiger partial charge in [-0.05, 0) is 44.5 Å². The van der Waals surface area contributed by atoms with Gasteiger partial charge in [0.25, 0.3) is 0 Å². The van der Waals surface area contributed by atoms with Crippen LogP contribution in [0.15, 0.2) is 23.1 Å². The Morgan fingerprint density at radius 2 is 1.86 bits per heavy atom. The largest absolute Gasteiger partial charge is 0.396 e. The van der Waals surface area contributed by atoms with Gasteiger partial charge in [-0.15, -0.1) is 0 Å². The summed E-state index contributed by atoms with van der Waals surface area (Å²) >= 11 is 0. The molecule has 21 heavy (non-hydrogen) atoms. The zero-order chi connectivity index (χ0) is 16.1. The fourth-order valence-corrected chi connectivity index (χ4v) is 3.17. The summed E-state index contributed by atoms with van der Waals surface area (Å²) < 4.78 is 26.3. The van der Waals surface area contributed by atoms with E-state index in [2.05, 4.69) is 10.0 Å². The van der Waals surface area contributed by atoms with E-state index in [0.717, 1.165) is 18.5 Å². The molecule has 0 radical (unpaired) electrons. The summed E-state index contributed by atoms with van der Waals surface area (Å²) in [6.45, 7) is 6.59. The summed E-state index contributed by atoms with van der Waals surface area (Å²) in [6.07, 6.45) is 1.72. The van der Waals surface area contributed by atoms with Crippen molar-refractivity contribution in [3.8, 4) is 0 Å². The minimum atomic E-state index is -3.46. The van der Waals surface area contributed by atoms with E-state index in [-0.39, 0.29) is 16.9 Å². The van der Waals surface area contributed by atoms with Gasteiger partial charge in [-0.2, -0.15) is 0 Å². The Balaban J connectivity index is 2.99. The summed E-state index contributed by atoms with van der Waals surface area (Å²) in [4.78, 5) is 0.276. The molecule has 6 heteroatoms. The third-order valence-corrected chi connectivity index (χ3v) is 5.81. The van der Waals surface area contributed by atoms with Gasteiger partial charge in [-0.3, -0.25) is 0 Å². The molecule has 0 unspecified atom stereocenters. The normalized spacial score (nSPS) is 12.4. The highest BCUT2D eigenvalue weighted by molar-refractivity contribution is 7.89. The number of aliphatic hydroxyl groups excluding tert-OH is 1. The van der Waals surface area contributed by atoms with Crippen LogP contribution in [0.25, 0.3) is 0 Å². The Morgan fingerprint density at radius 1 is 1.24 bits per heavy atom. The fraction of sp³-hybridized carbons (Fsp3) is 0.600. The molecule has 0 saturated carbocycles. The highest BCUT2D eigenvalue weighted by Crippen LogP contribution is 2.27. The standard InChI is InChI=1S/C15H26N2O3S/c1-5-15(6-2,11-18)10-17-13-8-7-12(3)14(9-13)21(19,20)16-4/h7-9,16-18H,5-6,10-11H2,1-4H3. The lowest BCUT2D eigenvalue weighted by molar-refractivity contribution is 0.127. The second kappa shape index (κ2) is 7.24. The molecular weight excluding hydrogens is 288 g/mol. The number of benzene rings is 1. The number of aliphatic hydroxyl groups is 1. The molecule has 0 spiro atoms. The quantitative estimate of drug-likeness (QED) is 0.687. The van der Waals surface area contributed by atoms with Crippen LogP contribution in [0.3, 0.4) is 0 Å². The molecule has 3 N–H and O–H groups in total. The molecule has 0 bridgehead atoms. The highest BCUT2D eigenvalue weighted by Gasteiger charge is 2.25. The zero-order valence-electron chi connectivity index (χ0n) is 13.2. The van der Waals surface area contributed by atoms with E-state index in [1.165, 1.54) is 7.05 Å². The Morgan fingerprint density at radius 3 is 2.33 bits per heavy atom. The molecule has 5 nitrogen and oxygen atoms in total. The van der Waals surface area contributed by atoms with Crippen molar-refractivity contribution in [2.24, 2.45) is 5.41 Å². The summed E-state index contributed by atoms with van der Waals surface area (Å²) in [5.74, 6) is 0. The average molecular weight is 314 g/mol. The molecule has 0 aliphatic carbocycles. The monoisotopic (exact) mass is 314 g/mol. The molecular formula is C15H26N2O3S. The van der Waals surface area contributed by atoms with Crippen LogP contribution < -0.4 is 10.0 Å². The number of aryl methyl sites for hydroxylation is 1. The number of sulfonamides is 1. The Labute approximate surface area is 127 Å². The van der Waals surface area contributed by atoms with Crippen LogP contribution >= 0.6 is 0 Å². The van der Waals surface area contributed by atoms with Crippen LogP contribution in [-0.4, -0.2) is 33.7 Å². The van der Waals surface area contributed by atoms with Gasteiger partial charge in [-0.25, -0.2) is 13.1 Å². The van der Waals surface area contributed by atoms with Gasteiger partial charge in [0.15, 0.2) is 0 Å². The topological polar surface area (TPSA) is 78.4 Å². The van der Waals surface area contributed by atoms with Crippen LogP contribution in [0.5, 0.6) is 0 Å². The van der Waals surface area contributed by atoms with Crippen molar-refractivity contribution in [1.82, 2.24) is 4.72 Å². The van der Waals surface area contributed by atoms with E-state index >= 15 is 0 Å². The lowest BCUT2D eigenvalue weighted by atomic mass is 9.83. The van der Waals surface area contributed by atoms with E-state index in [4.69, 9.17) is 0 Å². The van der Waals surface area contributed by atoms with Crippen molar-refractivity contribution in [3.05, 3.63) is 23.8 Å². The average Bonchev–Trinajstić information content (AvgIpc) is 2.50. The third-order valence-electron chi connectivity index (χ3n) is 4.25. The van der Waals surface area contributed by atoms with Gasteiger partial charge in [0, 0.05) is 17.6 Å². The van der Waals surface area contributed by atoms with Gasteiger partial charge >= 0.3 is 0 Å². The van der Waals surface area contributed by atoms with Crippen LogP contribution in [0.1, 0.15) is 32.3 Å². The Kier molecular flexibility index (Phi) is 6.19. The molecule has 1 aromatic rings. The maximum absolute atomic E-state index is 12.0. The molecule has 0 aliphatic heterocycles. The van der Waals surface area contributed by atoms with Gasteiger partial charge in [0.1, 0.15) is 0 Å². The first-order valence-electron chi connectivity index (χ1n) is 7.23. The molecule has 120 valence electrons. The van der Waals surface area contributed by atoms with Crippen molar-refractivity contribution in [2.75, 3.05) is 25.5 Å². The minimum absolute atomic E-state index is 0.112. The molecule has 0 fully saturated rings. The summed E-state index contributed by atoms with van der Waals surface area (Å²) in [5, 5.41) is 12.8. The number of anilines is 1. The molecule has 0 aliphatic rings. The van der Waals surface area contributed by atoms with Crippen molar-refractivity contribution < 1.29 is 13.5 Å². The second-order valence-corrected chi connectivity index (χ2v) is 7.26. The Bertz CT molecular complexity index is 558. The summed E-state index contributed by atoms with van der Waals surface area (Å²) in [7, 11) is -2.06. The van der Waals surface area contributed by atoms with Crippen LogP contribution in [0, 0.1) is 12.3 Å². The van der Waals surface area contributed by atoms with Gasteiger partial charge in [-0.1, -0.05) is 19.9 Å². The van der Waals surface area contributed by atoms with E-state index in [9.17, 15) is 13.5 Å². The lowest BCUT2D eigenvalue weighted by Crippen LogP contribution is -2.32. The minimum Gasteiger partial charge on any atom is -0.396 e. The van der Waals surface area contributed by atoms with Crippen molar-refractivity contribution in [3.63, 3.8) is 0 Å². The van der Waals surface area contributed by atoms with Crippen molar-refractivity contribution in [1.29, 1.82) is 0 Å². The molecule has 0 amide bonds. The maximum atomic E-state index is 12.0.